The van der Waals surface area contributed by atoms with Crippen LogP contribution < -0.4 is 11.1 Å². The van der Waals surface area contributed by atoms with Crippen LogP contribution in [-0.4, -0.2) is 38.4 Å². The fourth-order valence-electron chi connectivity index (χ4n) is 2.33. The van der Waals surface area contributed by atoms with Crippen molar-refractivity contribution in [3.8, 4) is 0 Å². The molecule has 0 atom stereocenters. The molecular formula is C12H24N2O3S. The predicted octanol–water partition coefficient (Wildman–Crippen LogP) is 0.445. The third kappa shape index (κ3) is 3.45. The second kappa shape index (κ2) is 6.02. The van der Waals surface area contributed by atoms with Crippen LogP contribution in [0.3, 0.4) is 0 Å². The van der Waals surface area contributed by atoms with Gasteiger partial charge in [-0.2, -0.15) is 0 Å². The van der Waals surface area contributed by atoms with Gasteiger partial charge in [0.1, 0.15) is 9.84 Å². The topological polar surface area (TPSA) is 89.3 Å². The van der Waals surface area contributed by atoms with Crippen LogP contribution in [0.2, 0.25) is 0 Å². The second-order valence-corrected chi connectivity index (χ2v) is 7.39. The highest BCUT2D eigenvalue weighted by Gasteiger charge is 2.35. The summed E-state index contributed by atoms with van der Waals surface area (Å²) in [6, 6.07) is -0.0231. The van der Waals surface area contributed by atoms with Crippen molar-refractivity contribution in [2.45, 2.75) is 45.6 Å². The van der Waals surface area contributed by atoms with Crippen molar-refractivity contribution in [2.75, 3.05) is 18.1 Å². The van der Waals surface area contributed by atoms with Gasteiger partial charge in [0.15, 0.2) is 0 Å². The normalized spacial score (nSPS) is 20.6. The number of rotatable bonds is 5. The molecule has 0 bridgehead atoms. The molecule has 1 amide bonds. The van der Waals surface area contributed by atoms with E-state index in [0.717, 1.165) is 0 Å². The van der Waals surface area contributed by atoms with E-state index in [0.29, 0.717) is 32.2 Å². The number of carbonyl (C=O) groups excluding carboxylic acids is 1. The summed E-state index contributed by atoms with van der Waals surface area (Å²) >= 11 is 0. The van der Waals surface area contributed by atoms with E-state index < -0.39 is 15.3 Å². The quantitative estimate of drug-likeness (QED) is 0.762. The minimum absolute atomic E-state index is 0.0231. The summed E-state index contributed by atoms with van der Waals surface area (Å²) < 4.78 is 22.6. The molecule has 0 aromatic rings. The largest absolute Gasteiger partial charge is 0.353 e. The van der Waals surface area contributed by atoms with Crippen LogP contribution in [0, 0.1) is 5.41 Å². The van der Waals surface area contributed by atoms with Crippen molar-refractivity contribution in [1.82, 2.24) is 5.32 Å². The van der Waals surface area contributed by atoms with Gasteiger partial charge >= 0.3 is 0 Å². The van der Waals surface area contributed by atoms with Crippen LogP contribution in [0.5, 0.6) is 0 Å². The summed E-state index contributed by atoms with van der Waals surface area (Å²) in [6.45, 7) is 4.25. The SMILES string of the molecule is CCC(CC)(CN)C(=O)NC1CCS(=O)(=O)CC1. The van der Waals surface area contributed by atoms with Crippen molar-refractivity contribution in [1.29, 1.82) is 0 Å². The molecule has 3 N–H and O–H groups in total. The van der Waals surface area contributed by atoms with E-state index >= 15 is 0 Å². The standard InChI is InChI=1S/C12H24N2O3S/c1-3-12(4-2,9-13)11(15)14-10-5-7-18(16,17)8-6-10/h10H,3-9,13H2,1-2H3,(H,14,15). The van der Waals surface area contributed by atoms with Crippen molar-refractivity contribution >= 4 is 15.7 Å². The molecule has 0 aromatic heterocycles. The van der Waals surface area contributed by atoms with Crippen molar-refractivity contribution < 1.29 is 13.2 Å². The summed E-state index contributed by atoms with van der Waals surface area (Å²) in [4.78, 5) is 12.2. The molecule has 1 aliphatic heterocycles. The molecule has 1 fully saturated rings. The predicted molar refractivity (Wildman–Crippen MR) is 71.9 cm³/mol. The average molecular weight is 276 g/mol. The highest BCUT2D eigenvalue weighted by Crippen LogP contribution is 2.26. The van der Waals surface area contributed by atoms with Gasteiger partial charge in [0.2, 0.25) is 5.91 Å². The Bertz CT molecular complexity index is 366. The molecule has 0 saturated carbocycles. The van der Waals surface area contributed by atoms with E-state index in [1.165, 1.54) is 0 Å². The van der Waals surface area contributed by atoms with Gasteiger partial charge in [0.05, 0.1) is 16.9 Å². The Labute approximate surface area is 109 Å². The van der Waals surface area contributed by atoms with Gasteiger partial charge < -0.3 is 11.1 Å². The average Bonchev–Trinajstić information content (AvgIpc) is 2.35. The summed E-state index contributed by atoms with van der Waals surface area (Å²) in [7, 11) is -2.88. The Morgan fingerprint density at radius 3 is 2.17 bits per heavy atom. The van der Waals surface area contributed by atoms with E-state index in [-0.39, 0.29) is 23.5 Å². The minimum atomic E-state index is -2.88. The molecule has 1 saturated heterocycles. The lowest BCUT2D eigenvalue weighted by molar-refractivity contribution is -0.131. The maximum atomic E-state index is 12.2. The first-order valence-corrected chi connectivity index (χ1v) is 8.42. The molecule has 0 aliphatic carbocycles. The molecule has 5 nitrogen and oxygen atoms in total. The number of nitrogens with one attached hydrogen (secondary N) is 1. The number of carbonyl (C=O) groups is 1. The van der Waals surface area contributed by atoms with E-state index in [4.69, 9.17) is 5.73 Å². The van der Waals surface area contributed by atoms with E-state index in [1.54, 1.807) is 0 Å². The van der Waals surface area contributed by atoms with Crippen LogP contribution in [0.1, 0.15) is 39.5 Å². The van der Waals surface area contributed by atoms with Crippen LogP contribution in [0.25, 0.3) is 0 Å². The lowest BCUT2D eigenvalue weighted by Gasteiger charge is -2.32. The summed E-state index contributed by atoms with van der Waals surface area (Å²) in [6.07, 6.45) is 2.44. The van der Waals surface area contributed by atoms with Gasteiger partial charge in [0, 0.05) is 12.6 Å². The molecule has 0 spiro atoms. The van der Waals surface area contributed by atoms with Gasteiger partial charge in [-0.05, 0) is 25.7 Å². The maximum Gasteiger partial charge on any atom is 0.227 e. The maximum absolute atomic E-state index is 12.2. The summed E-state index contributed by atoms with van der Waals surface area (Å²) in [5, 5.41) is 2.97. The molecule has 0 radical (unpaired) electrons. The Kier molecular flexibility index (Phi) is 5.16. The van der Waals surface area contributed by atoms with Gasteiger partial charge in [0.25, 0.3) is 0 Å². The van der Waals surface area contributed by atoms with Crippen LogP contribution in [-0.2, 0) is 14.6 Å². The van der Waals surface area contributed by atoms with Crippen LogP contribution in [0.4, 0.5) is 0 Å². The van der Waals surface area contributed by atoms with Crippen LogP contribution >= 0.6 is 0 Å². The fraction of sp³-hybridized carbons (Fsp3) is 0.917. The fourth-order valence-corrected chi connectivity index (χ4v) is 3.82. The number of sulfone groups is 1. The third-order valence-corrected chi connectivity index (χ3v) is 5.83. The van der Waals surface area contributed by atoms with Gasteiger partial charge in [-0.25, -0.2) is 8.42 Å². The zero-order chi connectivity index (χ0) is 13.8. The molecule has 1 aliphatic rings. The lowest BCUT2D eigenvalue weighted by Crippen LogP contribution is -2.50. The van der Waals surface area contributed by atoms with Gasteiger partial charge in [-0.15, -0.1) is 0 Å². The first kappa shape index (κ1) is 15.4. The first-order chi connectivity index (χ1) is 8.39. The molecule has 0 unspecified atom stereocenters. The van der Waals surface area contributed by atoms with E-state index in [9.17, 15) is 13.2 Å². The Morgan fingerprint density at radius 2 is 1.78 bits per heavy atom. The summed E-state index contributed by atoms with van der Waals surface area (Å²) in [5.74, 6) is 0.316. The molecule has 18 heavy (non-hydrogen) atoms. The number of amides is 1. The molecule has 0 aromatic carbocycles. The molecular weight excluding hydrogens is 252 g/mol. The highest BCUT2D eigenvalue weighted by molar-refractivity contribution is 7.91. The molecule has 1 rings (SSSR count). The van der Waals surface area contributed by atoms with Crippen molar-refractivity contribution in [3.05, 3.63) is 0 Å². The van der Waals surface area contributed by atoms with E-state index in [2.05, 4.69) is 5.32 Å². The van der Waals surface area contributed by atoms with Crippen LogP contribution in [0.15, 0.2) is 0 Å². The van der Waals surface area contributed by atoms with Gasteiger partial charge in [-0.3, -0.25) is 4.79 Å². The zero-order valence-corrected chi connectivity index (χ0v) is 12.1. The van der Waals surface area contributed by atoms with Crippen molar-refractivity contribution in [3.63, 3.8) is 0 Å². The van der Waals surface area contributed by atoms with Gasteiger partial charge in [-0.1, -0.05) is 13.8 Å². The van der Waals surface area contributed by atoms with Crippen molar-refractivity contribution in [2.24, 2.45) is 11.1 Å². The molecule has 106 valence electrons. The third-order valence-electron chi connectivity index (χ3n) is 4.12. The molecule has 1 heterocycles. The number of hydrogen-bond acceptors (Lipinski definition) is 4. The van der Waals surface area contributed by atoms with E-state index in [1.807, 2.05) is 13.8 Å². The highest BCUT2D eigenvalue weighted by atomic mass is 32.2. The first-order valence-electron chi connectivity index (χ1n) is 6.60. The number of hydrogen-bond donors (Lipinski definition) is 2. The minimum Gasteiger partial charge on any atom is -0.353 e. The Hall–Kier alpha value is -0.620. The number of nitrogens with two attached hydrogens (primary N) is 1. The molecule has 6 heteroatoms. The summed E-state index contributed by atoms with van der Waals surface area (Å²) in [5.41, 5.74) is 5.22. The second-order valence-electron chi connectivity index (χ2n) is 5.09. The Morgan fingerprint density at radius 1 is 1.28 bits per heavy atom. The smallest absolute Gasteiger partial charge is 0.227 e. The monoisotopic (exact) mass is 276 g/mol. The Balaban J connectivity index is 2.60. The lowest BCUT2D eigenvalue weighted by atomic mass is 9.81. The zero-order valence-electron chi connectivity index (χ0n) is 11.2.